The molecule has 0 fully saturated rings. The van der Waals surface area contributed by atoms with Crippen LogP contribution in [0.5, 0.6) is 0 Å². The number of hydrogen-bond acceptors (Lipinski definition) is 0. The summed E-state index contributed by atoms with van der Waals surface area (Å²) in [5, 5.41) is 0. The van der Waals surface area contributed by atoms with Gasteiger partial charge in [-0.2, -0.15) is 0 Å². The summed E-state index contributed by atoms with van der Waals surface area (Å²) in [6.45, 7) is 36.8. The second-order valence-corrected chi connectivity index (χ2v) is 45.6. The first-order valence-electron chi connectivity index (χ1n) is 11.2. The van der Waals surface area contributed by atoms with Crippen molar-refractivity contribution in [3.05, 3.63) is 0 Å². The molecule has 32 heavy (non-hydrogen) atoms. The first-order chi connectivity index (χ1) is 13.0. The van der Waals surface area contributed by atoms with Gasteiger partial charge in [0.2, 0.25) is 0 Å². The van der Waals surface area contributed by atoms with Gasteiger partial charge in [0.25, 0.3) is 0 Å². The Morgan fingerprint density at radius 2 is 0.312 bits per heavy atom. The minimum Gasteiger partial charge on any atom is 0 e. The maximum atomic E-state index is 2.39. The molecule has 0 aliphatic carbocycles. The molecule has 0 heterocycles. The summed E-state index contributed by atoms with van der Waals surface area (Å²) in [5.41, 5.74) is 0. The molecule has 0 unspecified atom stereocenters. The van der Waals surface area contributed by atoms with Crippen molar-refractivity contribution in [2.45, 2.75) is 139 Å². The van der Waals surface area contributed by atoms with Crippen molar-refractivity contribution < 1.29 is 0 Å². The Bertz CT molecular complexity index is 173. The summed E-state index contributed by atoms with van der Waals surface area (Å²) >= 11 is -0.667. The quantitative estimate of drug-likeness (QED) is 0.233. The molecule has 0 saturated heterocycles. The van der Waals surface area contributed by atoms with E-state index in [0.29, 0.717) is 0 Å². The Kier molecular flexibility index (Phi) is 96.2. The molecule has 0 aromatic carbocycles. The third kappa shape index (κ3) is 632. The van der Waals surface area contributed by atoms with Gasteiger partial charge in [0.05, 0.1) is 0 Å². The molecular formula is C22H66Ge4Si6. The van der Waals surface area contributed by atoms with Crippen molar-refractivity contribution in [3.8, 4) is 0 Å². The van der Waals surface area contributed by atoms with Gasteiger partial charge >= 0.3 is 63.2 Å². The molecule has 0 aliphatic rings. The molecular weight excluding hydrogens is 723 g/mol. The van der Waals surface area contributed by atoms with Crippen LogP contribution in [0.25, 0.3) is 0 Å². The van der Waals surface area contributed by atoms with E-state index in [1.54, 1.807) is 0 Å². The van der Waals surface area contributed by atoms with Crippen LogP contribution in [0.4, 0.5) is 0 Å². The molecule has 0 bridgehead atoms. The molecule has 194 valence electrons. The van der Waals surface area contributed by atoms with E-state index in [1.165, 1.54) is 0 Å². The number of hydrogen-bond donors (Lipinski definition) is 0. The molecule has 0 spiro atoms. The fraction of sp³-hybridized carbons (Fsp3) is 1.00. The van der Waals surface area contributed by atoms with Crippen LogP contribution in [-0.4, -0.2) is 116 Å². The van der Waals surface area contributed by atoms with Gasteiger partial charge in [-0.25, -0.2) is 0 Å². The zero-order chi connectivity index (χ0) is 26.6. The topological polar surface area (TPSA) is 0 Å². The van der Waals surface area contributed by atoms with Crippen molar-refractivity contribution >= 4 is 116 Å². The zero-order valence-corrected chi connectivity index (χ0v) is 41.4. The van der Waals surface area contributed by atoms with E-state index in [1.807, 2.05) is 0 Å². The minimum atomic E-state index is -0.333. The van der Waals surface area contributed by atoms with Crippen molar-refractivity contribution in [2.75, 3.05) is 0 Å². The summed E-state index contributed by atoms with van der Waals surface area (Å²) in [6, 6.07) is 0. The fourth-order valence-electron chi connectivity index (χ4n) is 0. The third-order valence-corrected chi connectivity index (χ3v) is 9.00. The van der Waals surface area contributed by atoms with Gasteiger partial charge in [-0.3, -0.25) is 0 Å². The molecule has 0 aromatic heterocycles. The van der Waals surface area contributed by atoms with Gasteiger partial charge in [0.1, 0.15) is 0 Å². The Morgan fingerprint density at radius 3 is 0.312 bits per heavy atom. The van der Waals surface area contributed by atoms with E-state index >= 15 is 0 Å². The van der Waals surface area contributed by atoms with Gasteiger partial charge in [-0.1, -0.05) is 105 Å². The van der Waals surface area contributed by atoms with Crippen LogP contribution in [0, 0.1) is 0 Å². The van der Waals surface area contributed by atoms with Crippen LogP contribution in [0.1, 0.15) is 0 Å². The van der Waals surface area contributed by atoms with Gasteiger partial charge < -0.3 is 0 Å². The van der Waals surface area contributed by atoms with Gasteiger partial charge in [-0.05, 0) is 0 Å². The van der Waals surface area contributed by atoms with E-state index < -0.39 is 0 Å². The predicted molar refractivity (Wildman–Crippen MR) is 187 cm³/mol. The van der Waals surface area contributed by atoms with E-state index in [2.05, 4.69) is 139 Å². The van der Waals surface area contributed by atoms with E-state index in [9.17, 15) is 0 Å². The molecule has 0 aromatic rings. The second kappa shape index (κ2) is 51.2. The SMILES string of the molecule is C[Si](C)C.C[Si](C)C.C[Si](C)C.C[Si](C)C.C[Si](C)[Si](C)C.[CH3][Ge]([CH3])[CH3].[CH3][Ge]([CH3])[CH3].[Ge].[Ge]. The Labute approximate surface area is 252 Å². The summed E-state index contributed by atoms with van der Waals surface area (Å²) in [5.74, 6) is 14.0. The molecule has 0 N–H and O–H groups in total. The summed E-state index contributed by atoms with van der Waals surface area (Å²) < 4.78 is 0. The molecule has 0 amide bonds. The van der Waals surface area contributed by atoms with Crippen LogP contribution in [-0.2, 0) is 0 Å². The molecule has 0 saturated carbocycles. The van der Waals surface area contributed by atoms with E-state index in [-0.39, 0.29) is 116 Å². The normalized spacial score (nSPS) is 8.81. The average Bonchev–Trinajstić information content (AvgIpc) is 2.33. The number of rotatable bonds is 1. The van der Waals surface area contributed by atoms with Crippen molar-refractivity contribution in [3.63, 3.8) is 0 Å². The van der Waals surface area contributed by atoms with E-state index in [0.717, 1.165) is 0 Å². The van der Waals surface area contributed by atoms with Crippen LogP contribution in [0.2, 0.25) is 139 Å². The first kappa shape index (κ1) is 60.2. The first-order valence-corrected chi connectivity index (χ1v) is 41.8. The van der Waals surface area contributed by atoms with Crippen LogP contribution in [0.3, 0.4) is 0 Å². The smallest absolute Gasteiger partial charge is 0 e. The molecule has 10 heteroatoms. The van der Waals surface area contributed by atoms with E-state index in [4.69, 9.17) is 0 Å². The molecule has 0 rings (SSSR count). The fourth-order valence-corrected chi connectivity index (χ4v) is 0. The van der Waals surface area contributed by atoms with Crippen molar-refractivity contribution in [1.29, 1.82) is 0 Å². The maximum Gasteiger partial charge on any atom is 0 e. The standard InChI is InChI=1S/C4H12Si2.2C3H9Ge.4C3H9Si.2Ge/c1-5(2)6(3)4;6*1-4(2)3;;/h1-4H3;6*1-3H3;;. The zero-order valence-electron chi connectivity index (χ0n) is 27.0. The largest absolute Gasteiger partial charge is 0 e. The second-order valence-electron chi connectivity index (χ2n) is 11.0. The maximum absolute atomic E-state index is 2.39. The van der Waals surface area contributed by atoms with Crippen LogP contribution in [0.15, 0.2) is 0 Å². The van der Waals surface area contributed by atoms with Crippen molar-refractivity contribution in [1.82, 2.24) is 0 Å². The monoisotopic (exact) mass is 794 g/mol. The minimum absolute atomic E-state index is 0. The van der Waals surface area contributed by atoms with Crippen molar-refractivity contribution in [2.24, 2.45) is 0 Å². The Hall–Kier alpha value is 3.47. The molecule has 0 aliphatic heterocycles. The summed E-state index contributed by atoms with van der Waals surface area (Å²) in [4.78, 5) is 0. The average molecular weight is 790 g/mol. The van der Waals surface area contributed by atoms with Gasteiger partial charge in [-0.15, -0.1) is 0 Å². The third-order valence-electron chi connectivity index (χ3n) is 1.00. The molecule has 0 nitrogen and oxygen atoms in total. The molecule has 16 radical (unpaired) electrons. The van der Waals surface area contributed by atoms with Crippen LogP contribution >= 0.6 is 0 Å². The van der Waals surface area contributed by atoms with Crippen LogP contribution < -0.4 is 0 Å². The Balaban J connectivity index is -0.0000000274. The summed E-state index contributed by atoms with van der Waals surface area (Å²) in [6.07, 6.45) is 0. The summed E-state index contributed by atoms with van der Waals surface area (Å²) in [7, 11) is 0.782. The van der Waals surface area contributed by atoms with Gasteiger partial charge in [0, 0.05) is 87.0 Å². The molecule has 0 atom stereocenters. The van der Waals surface area contributed by atoms with Gasteiger partial charge in [0.15, 0.2) is 0 Å². The Morgan fingerprint density at radius 1 is 0.281 bits per heavy atom. The predicted octanol–water partition coefficient (Wildman–Crippen LogP) is 9.04.